The highest BCUT2D eigenvalue weighted by Gasteiger charge is 2.18. The van der Waals surface area contributed by atoms with Crippen LogP contribution in [-0.4, -0.2) is 14.2 Å². The Balaban J connectivity index is 2.44. The van der Waals surface area contributed by atoms with Gasteiger partial charge in [-0.1, -0.05) is 18.2 Å². The molecule has 0 saturated heterocycles. The molecule has 0 aromatic heterocycles. The average Bonchev–Trinajstić information content (AvgIpc) is 2.38. The maximum Gasteiger partial charge on any atom is 0.262 e. The Kier molecular flexibility index (Phi) is 4.09. The molecule has 0 aliphatic carbocycles. The normalized spacial score (nSPS) is 11.2. The van der Waals surface area contributed by atoms with Crippen molar-refractivity contribution < 1.29 is 17.6 Å². The Morgan fingerprint density at radius 3 is 2.48 bits per heavy atom. The summed E-state index contributed by atoms with van der Waals surface area (Å²) in [5.41, 5.74) is 0.937. The molecule has 0 atom stereocenters. The fourth-order valence-corrected chi connectivity index (χ4v) is 3.19. The molecule has 4 nitrogen and oxygen atoms in total. The fraction of sp³-hybridized carbons (Fsp3) is 0.133. The second kappa shape index (κ2) is 5.65. The summed E-state index contributed by atoms with van der Waals surface area (Å²) >= 11 is 0. The summed E-state index contributed by atoms with van der Waals surface area (Å²) in [5, 5.41) is 0. The van der Waals surface area contributed by atoms with Gasteiger partial charge in [-0.25, -0.2) is 12.8 Å². The van der Waals surface area contributed by atoms with E-state index in [0.29, 0.717) is 11.1 Å². The molecule has 0 fully saturated rings. The number of Topliss-reactive ketones (excluding diaryl/α,β-unsaturated/α-hetero) is 1. The van der Waals surface area contributed by atoms with Gasteiger partial charge in [0.05, 0.1) is 10.6 Å². The van der Waals surface area contributed by atoms with E-state index in [2.05, 4.69) is 4.72 Å². The van der Waals surface area contributed by atoms with Crippen LogP contribution in [0, 0.1) is 12.7 Å². The van der Waals surface area contributed by atoms with Crippen LogP contribution in [0.1, 0.15) is 22.8 Å². The number of halogens is 1. The molecule has 2 rings (SSSR count). The smallest absolute Gasteiger partial charge is 0.262 e. The zero-order valence-corrected chi connectivity index (χ0v) is 12.4. The van der Waals surface area contributed by atoms with E-state index >= 15 is 0 Å². The van der Waals surface area contributed by atoms with Gasteiger partial charge in [0.2, 0.25) is 0 Å². The van der Waals surface area contributed by atoms with Gasteiger partial charge < -0.3 is 0 Å². The first-order valence-corrected chi connectivity index (χ1v) is 7.68. The van der Waals surface area contributed by atoms with E-state index in [0.717, 1.165) is 6.07 Å². The molecule has 0 spiro atoms. The fourth-order valence-electron chi connectivity index (χ4n) is 1.87. The van der Waals surface area contributed by atoms with Crippen LogP contribution in [0.15, 0.2) is 47.4 Å². The first-order chi connectivity index (χ1) is 9.79. The minimum absolute atomic E-state index is 0.000499. The van der Waals surface area contributed by atoms with Crippen molar-refractivity contribution in [2.45, 2.75) is 18.7 Å². The Morgan fingerprint density at radius 1 is 1.14 bits per heavy atom. The summed E-state index contributed by atoms with van der Waals surface area (Å²) in [4.78, 5) is 11.4. The van der Waals surface area contributed by atoms with Gasteiger partial charge in [-0.15, -0.1) is 0 Å². The molecule has 110 valence electrons. The summed E-state index contributed by atoms with van der Waals surface area (Å²) in [6.45, 7) is 2.99. The molecule has 0 unspecified atom stereocenters. The predicted molar refractivity (Wildman–Crippen MR) is 78.4 cm³/mol. The summed E-state index contributed by atoms with van der Waals surface area (Å²) in [6.07, 6.45) is 0. The third-order valence-corrected chi connectivity index (χ3v) is 4.48. The number of hydrogen-bond donors (Lipinski definition) is 1. The number of benzene rings is 2. The van der Waals surface area contributed by atoms with Crippen molar-refractivity contribution in [1.29, 1.82) is 0 Å². The predicted octanol–water partition coefficient (Wildman–Crippen LogP) is 3.14. The lowest BCUT2D eigenvalue weighted by Gasteiger charge is -2.11. The number of nitrogens with one attached hydrogen (secondary N) is 1. The van der Waals surface area contributed by atoms with E-state index < -0.39 is 15.8 Å². The van der Waals surface area contributed by atoms with E-state index in [-0.39, 0.29) is 16.4 Å². The minimum atomic E-state index is -3.89. The Labute approximate surface area is 122 Å². The van der Waals surface area contributed by atoms with E-state index in [4.69, 9.17) is 0 Å². The molecular weight excluding hydrogens is 293 g/mol. The molecule has 0 aliphatic rings. The minimum Gasteiger partial charge on any atom is -0.295 e. The Hall–Kier alpha value is -2.21. The van der Waals surface area contributed by atoms with Crippen LogP contribution in [0.25, 0.3) is 0 Å². The van der Waals surface area contributed by atoms with Crippen LogP contribution in [0.2, 0.25) is 0 Å². The molecule has 6 heteroatoms. The number of carbonyl (C=O) groups excluding carboxylic acids is 1. The number of ketones is 1. The van der Waals surface area contributed by atoms with Gasteiger partial charge in [0.1, 0.15) is 5.82 Å². The average molecular weight is 307 g/mol. The lowest BCUT2D eigenvalue weighted by atomic mass is 10.1. The second-order valence-electron chi connectivity index (χ2n) is 4.65. The molecule has 0 radical (unpaired) electrons. The van der Waals surface area contributed by atoms with Gasteiger partial charge in [0.25, 0.3) is 10.0 Å². The molecule has 21 heavy (non-hydrogen) atoms. The summed E-state index contributed by atoms with van der Waals surface area (Å²) < 4.78 is 40.1. The number of rotatable bonds is 4. The standard InChI is InChI=1S/C15H14FNO3S/c1-10-6-7-12(11(2)18)8-15(10)21(19,20)17-14-5-3-4-13(16)9-14/h3-9,17H,1-2H3. The summed E-state index contributed by atoms with van der Waals surface area (Å²) in [7, 11) is -3.89. The van der Waals surface area contributed by atoms with Crippen LogP contribution in [0.3, 0.4) is 0 Å². The second-order valence-corrected chi connectivity index (χ2v) is 6.30. The van der Waals surface area contributed by atoms with E-state index in [1.165, 1.54) is 31.2 Å². The summed E-state index contributed by atoms with van der Waals surface area (Å²) in [6, 6.07) is 9.62. The molecule has 2 aromatic rings. The third-order valence-electron chi connectivity index (χ3n) is 2.96. The van der Waals surface area contributed by atoms with Crippen molar-refractivity contribution in [3.8, 4) is 0 Å². The number of sulfonamides is 1. The van der Waals surface area contributed by atoms with Gasteiger partial charge in [-0.05, 0) is 43.7 Å². The van der Waals surface area contributed by atoms with E-state index in [9.17, 15) is 17.6 Å². The quantitative estimate of drug-likeness (QED) is 0.883. The molecule has 0 saturated carbocycles. The van der Waals surface area contributed by atoms with Crippen LogP contribution < -0.4 is 4.72 Å². The van der Waals surface area contributed by atoms with Crippen molar-refractivity contribution in [1.82, 2.24) is 0 Å². The van der Waals surface area contributed by atoms with Crippen LogP contribution in [0.4, 0.5) is 10.1 Å². The van der Waals surface area contributed by atoms with Crippen molar-refractivity contribution in [3.63, 3.8) is 0 Å². The third kappa shape index (κ3) is 3.46. The van der Waals surface area contributed by atoms with Crippen molar-refractivity contribution >= 4 is 21.5 Å². The van der Waals surface area contributed by atoms with Crippen molar-refractivity contribution in [3.05, 3.63) is 59.4 Å². The lowest BCUT2D eigenvalue weighted by Crippen LogP contribution is -2.15. The molecule has 1 N–H and O–H groups in total. The number of hydrogen-bond acceptors (Lipinski definition) is 3. The van der Waals surface area contributed by atoms with Crippen LogP contribution in [-0.2, 0) is 10.0 Å². The zero-order chi connectivity index (χ0) is 15.6. The number of anilines is 1. The molecule has 0 bridgehead atoms. The topological polar surface area (TPSA) is 63.2 Å². The molecule has 0 heterocycles. The van der Waals surface area contributed by atoms with Gasteiger partial charge in [0.15, 0.2) is 5.78 Å². The highest BCUT2D eigenvalue weighted by atomic mass is 32.2. The molecular formula is C15H14FNO3S. The van der Waals surface area contributed by atoms with Crippen LogP contribution >= 0.6 is 0 Å². The molecule has 2 aromatic carbocycles. The van der Waals surface area contributed by atoms with E-state index in [1.54, 1.807) is 19.1 Å². The number of carbonyl (C=O) groups is 1. The zero-order valence-electron chi connectivity index (χ0n) is 11.6. The molecule has 0 amide bonds. The first kappa shape index (κ1) is 15.2. The Bertz CT molecular complexity index is 800. The SMILES string of the molecule is CC(=O)c1ccc(C)c(S(=O)(=O)Nc2cccc(F)c2)c1. The maximum absolute atomic E-state index is 13.1. The van der Waals surface area contributed by atoms with E-state index in [1.807, 2.05) is 0 Å². The largest absolute Gasteiger partial charge is 0.295 e. The lowest BCUT2D eigenvalue weighted by molar-refractivity contribution is 0.101. The van der Waals surface area contributed by atoms with Gasteiger partial charge in [-0.3, -0.25) is 9.52 Å². The maximum atomic E-state index is 13.1. The van der Waals surface area contributed by atoms with Gasteiger partial charge in [-0.2, -0.15) is 0 Å². The monoisotopic (exact) mass is 307 g/mol. The molecule has 0 aliphatic heterocycles. The summed E-state index contributed by atoms with van der Waals surface area (Å²) in [5.74, 6) is -0.762. The number of aryl methyl sites for hydroxylation is 1. The first-order valence-electron chi connectivity index (χ1n) is 6.19. The van der Waals surface area contributed by atoms with Crippen molar-refractivity contribution in [2.24, 2.45) is 0 Å². The van der Waals surface area contributed by atoms with Crippen molar-refractivity contribution in [2.75, 3.05) is 4.72 Å². The van der Waals surface area contributed by atoms with Gasteiger partial charge >= 0.3 is 0 Å². The Morgan fingerprint density at radius 2 is 1.86 bits per heavy atom. The highest BCUT2D eigenvalue weighted by molar-refractivity contribution is 7.92. The van der Waals surface area contributed by atoms with Gasteiger partial charge in [0, 0.05) is 5.56 Å². The highest BCUT2D eigenvalue weighted by Crippen LogP contribution is 2.21. The van der Waals surface area contributed by atoms with Crippen LogP contribution in [0.5, 0.6) is 0 Å².